The molecule has 0 aliphatic heterocycles. The number of ether oxygens (including phenoxy) is 1. The zero-order valence-corrected chi connectivity index (χ0v) is 15.8. The van der Waals surface area contributed by atoms with Crippen molar-refractivity contribution < 1.29 is 9.53 Å². The van der Waals surface area contributed by atoms with Gasteiger partial charge in [-0.1, -0.05) is 11.6 Å². The van der Waals surface area contributed by atoms with Gasteiger partial charge in [0.15, 0.2) is 6.29 Å². The maximum atomic E-state index is 11.6. The Morgan fingerprint density at radius 1 is 1.19 bits per heavy atom. The number of pyridine rings is 2. The summed E-state index contributed by atoms with van der Waals surface area (Å²) in [5.41, 5.74) is 3.02. The van der Waals surface area contributed by atoms with Crippen LogP contribution in [-0.2, 0) is 0 Å². The number of aldehydes is 1. The number of nitrogens with one attached hydrogen (secondary N) is 1. The highest BCUT2D eigenvalue weighted by atomic mass is 35.5. The third-order valence-electron chi connectivity index (χ3n) is 4.09. The summed E-state index contributed by atoms with van der Waals surface area (Å²) in [5, 5.41) is 4.79. The molecule has 0 bridgehead atoms. The number of halogens is 1. The van der Waals surface area contributed by atoms with Gasteiger partial charge in [-0.05, 0) is 36.4 Å². The van der Waals surface area contributed by atoms with E-state index in [9.17, 15) is 4.79 Å². The molecule has 0 amide bonds. The molecule has 0 saturated carbocycles. The standard InChI is InChI=1S/C20H14ClN3O2S/c1-26-13-4-5-15(21)14(7-13)18-8-16(19(11-25)27-18)24-17-10-22-9-12-3-2-6-23-20(12)17/h2-11,24H,1H3. The van der Waals surface area contributed by atoms with Crippen LogP contribution in [0.5, 0.6) is 5.75 Å². The number of nitrogens with zero attached hydrogens (tertiary/aromatic N) is 2. The Labute approximate surface area is 164 Å². The highest BCUT2D eigenvalue weighted by Crippen LogP contribution is 2.40. The van der Waals surface area contributed by atoms with Crippen molar-refractivity contribution in [1.82, 2.24) is 9.97 Å². The fourth-order valence-electron chi connectivity index (χ4n) is 2.78. The first-order valence-corrected chi connectivity index (χ1v) is 9.27. The minimum atomic E-state index is 0.567. The van der Waals surface area contributed by atoms with Crippen LogP contribution in [0.25, 0.3) is 21.3 Å². The van der Waals surface area contributed by atoms with Crippen LogP contribution in [0.15, 0.2) is 55.0 Å². The topological polar surface area (TPSA) is 64.1 Å². The average molecular weight is 396 g/mol. The quantitative estimate of drug-likeness (QED) is 0.447. The lowest BCUT2D eigenvalue weighted by Gasteiger charge is -2.07. The zero-order chi connectivity index (χ0) is 18.8. The molecule has 0 fully saturated rings. The van der Waals surface area contributed by atoms with Crippen LogP contribution in [0.3, 0.4) is 0 Å². The van der Waals surface area contributed by atoms with Gasteiger partial charge in [0, 0.05) is 33.2 Å². The molecular formula is C20H14ClN3O2S. The first-order chi connectivity index (χ1) is 13.2. The summed E-state index contributed by atoms with van der Waals surface area (Å²) in [5.74, 6) is 0.701. The molecule has 0 unspecified atom stereocenters. The van der Waals surface area contributed by atoms with E-state index in [0.717, 1.165) is 33.3 Å². The largest absolute Gasteiger partial charge is 0.497 e. The minimum absolute atomic E-state index is 0.567. The molecule has 1 aromatic carbocycles. The Balaban J connectivity index is 1.77. The summed E-state index contributed by atoms with van der Waals surface area (Å²) in [6.07, 6.45) is 6.00. The molecule has 134 valence electrons. The van der Waals surface area contributed by atoms with Crippen LogP contribution in [-0.4, -0.2) is 23.4 Å². The number of carbonyl (C=O) groups is 1. The summed E-state index contributed by atoms with van der Waals surface area (Å²) in [7, 11) is 1.60. The van der Waals surface area contributed by atoms with Crippen molar-refractivity contribution in [1.29, 1.82) is 0 Å². The second-order valence-electron chi connectivity index (χ2n) is 5.74. The maximum absolute atomic E-state index is 11.6. The second kappa shape index (κ2) is 7.34. The van der Waals surface area contributed by atoms with Crippen molar-refractivity contribution in [3.05, 3.63) is 64.9 Å². The zero-order valence-electron chi connectivity index (χ0n) is 14.3. The molecule has 0 radical (unpaired) electrons. The van der Waals surface area contributed by atoms with Crippen LogP contribution in [0, 0.1) is 0 Å². The molecule has 27 heavy (non-hydrogen) atoms. The minimum Gasteiger partial charge on any atom is -0.497 e. The van der Waals surface area contributed by atoms with Gasteiger partial charge in [-0.3, -0.25) is 14.8 Å². The molecule has 0 spiro atoms. The molecule has 7 heteroatoms. The van der Waals surface area contributed by atoms with Gasteiger partial charge in [0.25, 0.3) is 0 Å². The summed E-state index contributed by atoms with van der Waals surface area (Å²) in [6.45, 7) is 0. The van der Waals surface area contributed by atoms with Crippen LogP contribution >= 0.6 is 22.9 Å². The lowest BCUT2D eigenvalue weighted by molar-refractivity contribution is 0.112. The molecule has 3 heterocycles. The predicted molar refractivity (Wildman–Crippen MR) is 110 cm³/mol. The number of rotatable bonds is 5. The van der Waals surface area contributed by atoms with Gasteiger partial charge in [-0.25, -0.2) is 0 Å². The summed E-state index contributed by atoms with van der Waals surface area (Å²) in [6, 6.07) is 11.1. The fourth-order valence-corrected chi connectivity index (χ4v) is 4.02. The number of methoxy groups -OCH3 is 1. The van der Waals surface area contributed by atoms with Crippen molar-refractivity contribution in [3.63, 3.8) is 0 Å². The number of hydrogen-bond acceptors (Lipinski definition) is 6. The molecule has 0 atom stereocenters. The van der Waals surface area contributed by atoms with Crippen molar-refractivity contribution in [2.75, 3.05) is 12.4 Å². The first-order valence-electron chi connectivity index (χ1n) is 8.08. The number of benzene rings is 1. The average Bonchev–Trinajstić information content (AvgIpc) is 3.11. The Kier molecular flexibility index (Phi) is 4.75. The summed E-state index contributed by atoms with van der Waals surface area (Å²) < 4.78 is 5.28. The molecule has 5 nitrogen and oxygen atoms in total. The second-order valence-corrected chi connectivity index (χ2v) is 7.23. The van der Waals surface area contributed by atoms with E-state index in [0.29, 0.717) is 21.3 Å². The van der Waals surface area contributed by atoms with Crippen LogP contribution < -0.4 is 10.1 Å². The number of carbonyl (C=O) groups excluding carboxylic acids is 1. The monoisotopic (exact) mass is 395 g/mol. The highest BCUT2D eigenvalue weighted by molar-refractivity contribution is 7.17. The van der Waals surface area contributed by atoms with Gasteiger partial charge >= 0.3 is 0 Å². The molecule has 4 rings (SSSR count). The number of fused-ring (bicyclic) bond motifs is 1. The Morgan fingerprint density at radius 3 is 2.89 bits per heavy atom. The van der Waals surface area contributed by atoms with Crippen LogP contribution in [0.1, 0.15) is 9.67 Å². The SMILES string of the molecule is COc1ccc(Cl)c(-c2cc(Nc3cncc4cccnc34)c(C=O)s2)c1. The van der Waals surface area contributed by atoms with Gasteiger partial charge in [0.2, 0.25) is 0 Å². The first kappa shape index (κ1) is 17.5. The van der Waals surface area contributed by atoms with E-state index in [4.69, 9.17) is 16.3 Å². The number of anilines is 2. The molecule has 0 aliphatic carbocycles. The van der Waals surface area contributed by atoms with Gasteiger partial charge in [-0.2, -0.15) is 0 Å². The summed E-state index contributed by atoms with van der Waals surface area (Å²) >= 11 is 7.71. The lowest BCUT2D eigenvalue weighted by Crippen LogP contribution is -1.95. The maximum Gasteiger partial charge on any atom is 0.162 e. The normalized spacial score (nSPS) is 10.7. The molecule has 0 saturated heterocycles. The molecule has 4 aromatic rings. The van der Waals surface area contributed by atoms with E-state index in [1.54, 1.807) is 37.8 Å². The number of hydrogen-bond donors (Lipinski definition) is 1. The van der Waals surface area contributed by atoms with Crippen molar-refractivity contribution in [2.24, 2.45) is 0 Å². The van der Waals surface area contributed by atoms with Gasteiger partial charge in [0.05, 0.1) is 35.1 Å². The smallest absolute Gasteiger partial charge is 0.162 e. The molecule has 3 aromatic heterocycles. The lowest BCUT2D eigenvalue weighted by atomic mass is 10.1. The van der Waals surface area contributed by atoms with Crippen LogP contribution in [0.2, 0.25) is 5.02 Å². The van der Waals surface area contributed by atoms with E-state index >= 15 is 0 Å². The van der Waals surface area contributed by atoms with Crippen molar-refractivity contribution in [3.8, 4) is 16.2 Å². The van der Waals surface area contributed by atoms with Gasteiger partial charge in [-0.15, -0.1) is 11.3 Å². The predicted octanol–water partition coefficient (Wildman–Crippen LogP) is 5.58. The van der Waals surface area contributed by atoms with E-state index in [1.807, 2.05) is 24.3 Å². The third-order valence-corrected chi connectivity index (χ3v) is 5.51. The van der Waals surface area contributed by atoms with E-state index in [-0.39, 0.29) is 0 Å². The highest BCUT2D eigenvalue weighted by Gasteiger charge is 2.15. The van der Waals surface area contributed by atoms with Crippen LogP contribution in [0.4, 0.5) is 11.4 Å². The fraction of sp³-hybridized carbons (Fsp3) is 0.0500. The number of aromatic nitrogens is 2. The molecule has 1 N–H and O–H groups in total. The van der Waals surface area contributed by atoms with E-state index in [2.05, 4.69) is 15.3 Å². The molecular weight excluding hydrogens is 382 g/mol. The van der Waals surface area contributed by atoms with Gasteiger partial charge in [0.1, 0.15) is 5.75 Å². The van der Waals surface area contributed by atoms with Crippen molar-refractivity contribution >= 4 is 51.5 Å². The Bertz CT molecular complexity index is 1140. The Morgan fingerprint density at radius 2 is 2.07 bits per heavy atom. The number of thiophene rings is 1. The van der Waals surface area contributed by atoms with E-state index < -0.39 is 0 Å². The third kappa shape index (κ3) is 3.37. The van der Waals surface area contributed by atoms with E-state index in [1.165, 1.54) is 11.3 Å². The van der Waals surface area contributed by atoms with Crippen molar-refractivity contribution in [2.45, 2.75) is 0 Å². The Hall–Kier alpha value is -2.96. The summed E-state index contributed by atoms with van der Waals surface area (Å²) in [4.78, 5) is 21.7. The molecule has 0 aliphatic rings. The van der Waals surface area contributed by atoms with Gasteiger partial charge < -0.3 is 10.1 Å².